The van der Waals surface area contributed by atoms with Gasteiger partial charge in [0, 0.05) is 0 Å². The van der Waals surface area contributed by atoms with E-state index in [9.17, 15) is 13.0 Å². The maximum absolute atomic E-state index is 11.0. The molecule has 0 atom stereocenters. The molecule has 0 aliphatic rings. The number of rotatable bonds is 2. The molecule has 42 valence electrons. The lowest BCUT2D eigenvalue weighted by molar-refractivity contribution is 0.350. The van der Waals surface area contributed by atoms with Gasteiger partial charge in [-0.2, -0.15) is 0 Å². The van der Waals surface area contributed by atoms with E-state index in [4.69, 9.17) is 0 Å². The molecule has 0 radical (unpaired) electrons. The second kappa shape index (κ2) is 2.07. The van der Waals surface area contributed by atoms with Crippen LogP contribution in [0.2, 0.25) is 0 Å². The molecule has 5 heteroatoms. The Bertz CT molecular complexity index is 106. The van der Waals surface area contributed by atoms with Crippen molar-refractivity contribution in [3.8, 4) is 0 Å². The molecule has 0 aromatic carbocycles. The van der Waals surface area contributed by atoms with Crippen molar-refractivity contribution in [1.29, 1.82) is 0 Å². The van der Waals surface area contributed by atoms with Crippen LogP contribution < -0.4 is 0 Å². The highest BCUT2D eigenvalue weighted by molar-refractivity contribution is 7.47. The van der Waals surface area contributed by atoms with Crippen LogP contribution in [0.15, 0.2) is 12.8 Å². The summed E-state index contributed by atoms with van der Waals surface area (Å²) in [6, 6.07) is 0. The van der Waals surface area contributed by atoms with Crippen molar-refractivity contribution < 1.29 is 17.5 Å². The molecule has 0 aromatic heterocycles. The first-order chi connectivity index (χ1) is 3.06. The van der Waals surface area contributed by atoms with Gasteiger partial charge in [0.1, 0.15) is 0 Å². The van der Waals surface area contributed by atoms with E-state index in [1.54, 1.807) is 0 Å². The van der Waals surface area contributed by atoms with E-state index in [-0.39, 0.29) is 0 Å². The fraction of sp³-hybridized carbons (Fsp3) is 0. The Balaban J connectivity index is 3.57. The van der Waals surface area contributed by atoms with Gasteiger partial charge in [0.2, 0.25) is 0 Å². The second-order valence-corrected chi connectivity index (χ2v) is 1.73. The lowest BCUT2D eigenvalue weighted by Crippen LogP contribution is -1.61. The van der Waals surface area contributed by atoms with Crippen LogP contribution in [0.25, 0.3) is 0 Å². The highest BCUT2D eigenvalue weighted by Gasteiger charge is 2.18. The predicted molar refractivity (Wildman–Crippen MR) is 21.1 cm³/mol. The Kier molecular flexibility index (Phi) is 1.96. The zero-order valence-electron chi connectivity index (χ0n) is 3.30. The number of halogens is 2. The summed E-state index contributed by atoms with van der Waals surface area (Å²) in [6.45, 7) is 2.77. The molecule has 0 rings (SSSR count). The van der Waals surface area contributed by atoms with Gasteiger partial charge in [0.05, 0.1) is 6.26 Å². The van der Waals surface area contributed by atoms with Crippen LogP contribution in [-0.2, 0) is 9.09 Å². The van der Waals surface area contributed by atoms with Gasteiger partial charge < -0.3 is 4.52 Å². The van der Waals surface area contributed by atoms with Crippen molar-refractivity contribution in [3.05, 3.63) is 12.8 Å². The highest BCUT2D eigenvalue weighted by Crippen LogP contribution is 2.50. The number of hydrogen-bond acceptors (Lipinski definition) is 2. The molecule has 0 aliphatic heterocycles. The van der Waals surface area contributed by atoms with E-state index < -0.39 is 7.99 Å². The van der Waals surface area contributed by atoms with Crippen LogP contribution >= 0.6 is 7.99 Å². The quantitative estimate of drug-likeness (QED) is 0.420. The Hall–Kier alpha value is -0.370. The molecule has 7 heavy (non-hydrogen) atoms. The molecule has 0 N–H and O–H groups in total. The zero-order valence-corrected chi connectivity index (χ0v) is 4.20. The summed E-state index contributed by atoms with van der Waals surface area (Å²) in [6.07, 6.45) is 0.445. The van der Waals surface area contributed by atoms with Gasteiger partial charge in [-0.25, -0.2) is 4.57 Å². The predicted octanol–water partition coefficient (Wildman–Crippen LogP) is 2.19. The van der Waals surface area contributed by atoms with E-state index in [0.717, 1.165) is 0 Å². The molecule has 0 heterocycles. The third kappa shape index (κ3) is 5.63. The van der Waals surface area contributed by atoms with Crippen LogP contribution in [0, 0.1) is 0 Å². The van der Waals surface area contributed by atoms with E-state index >= 15 is 0 Å². The summed E-state index contributed by atoms with van der Waals surface area (Å²) in [4.78, 5) is 0. The molecular formula is C2H3F2O2P. The summed E-state index contributed by atoms with van der Waals surface area (Å²) < 4.78 is 34.4. The largest absolute Gasteiger partial charge is 0.609 e. The summed E-state index contributed by atoms with van der Waals surface area (Å²) in [5.41, 5.74) is 0. The fourth-order valence-corrected chi connectivity index (χ4v) is 0.260. The maximum Gasteiger partial charge on any atom is 0.609 e. The lowest BCUT2D eigenvalue weighted by atomic mass is 11.2. The molecule has 0 aromatic rings. The first kappa shape index (κ1) is 6.63. The fourth-order valence-electron chi connectivity index (χ4n) is 0.0868. The number of hydrogen-bond donors (Lipinski definition) is 0. The molecular weight excluding hydrogens is 125 g/mol. The molecule has 0 saturated carbocycles. The van der Waals surface area contributed by atoms with Crippen LogP contribution in [0.1, 0.15) is 0 Å². The molecule has 0 saturated heterocycles. The molecule has 0 amide bonds. The first-order valence-electron chi connectivity index (χ1n) is 1.35. The average molecular weight is 128 g/mol. The third-order valence-electron chi connectivity index (χ3n) is 0.197. The molecule has 2 nitrogen and oxygen atoms in total. The van der Waals surface area contributed by atoms with Crippen LogP contribution in [0.3, 0.4) is 0 Å². The van der Waals surface area contributed by atoms with Gasteiger partial charge in [-0.05, 0) is 0 Å². The topological polar surface area (TPSA) is 26.3 Å². The van der Waals surface area contributed by atoms with Crippen LogP contribution in [0.4, 0.5) is 8.39 Å². The van der Waals surface area contributed by atoms with Crippen molar-refractivity contribution >= 4 is 7.99 Å². The summed E-state index contributed by atoms with van der Waals surface area (Å²) in [5.74, 6) is 0. The van der Waals surface area contributed by atoms with Gasteiger partial charge in [0.15, 0.2) is 0 Å². The Morgan fingerprint density at radius 3 is 2.14 bits per heavy atom. The van der Waals surface area contributed by atoms with Crippen molar-refractivity contribution in [2.75, 3.05) is 0 Å². The SMILES string of the molecule is C=COP(=O)(F)F. The third-order valence-corrected chi connectivity index (χ3v) is 0.592. The maximum atomic E-state index is 11.0. The van der Waals surface area contributed by atoms with E-state index in [1.807, 2.05) is 0 Å². The van der Waals surface area contributed by atoms with Crippen molar-refractivity contribution in [2.24, 2.45) is 0 Å². The van der Waals surface area contributed by atoms with Gasteiger partial charge in [-0.1, -0.05) is 6.58 Å². The highest BCUT2D eigenvalue weighted by atomic mass is 31.2. The lowest BCUT2D eigenvalue weighted by Gasteiger charge is -1.90. The minimum atomic E-state index is -5.28. The van der Waals surface area contributed by atoms with Gasteiger partial charge in [0.25, 0.3) is 0 Å². The van der Waals surface area contributed by atoms with Crippen molar-refractivity contribution in [3.63, 3.8) is 0 Å². The summed E-state index contributed by atoms with van der Waals surface area (Å²) in [7, 11) is -5.28. The van der Waals surface area contributed by atoms with E-state index in [1.165, 1.54) is 0 Å². The minimum Gasteiger partial charge on any atom is -0.406 e. The Morgan fingerprint density at radius 1 is 1.71 bits per heavy atom. The first-order valence-corrected chi connectivity index (χ1v) is 2.75. The smallest absolute Gasteiger partial charge is 0.406 e. The molecule has 0 aliphatic carbocycles. The monoisotopic (exact) mass is 128 g/mol. The standard InChI is InChI=1S/C2H3F2O2P/c1-2-6-7(3,4)5/h2H,1H2. The van der Waals surface area contributed by atoms with Gasteiger partial charge >= 0.3 is 7.99 Å². The van der Waals surface area contributed by atoms with Gasteiger partial charge in [-0.3, -0.25) is 0 Å². The second-order valence-electron chi connectivity index (χ2n) is 0.687. The zero-order chi connectivity index (χ0) is 5.91. The van der Waals surface area contributed by atoms with Crippen molar-refractivity contribution in [2.45, 2.75) is 0 Å². The summed E-state index contributed by atoms with van der Waals surface area (Å²) in [5, 5.41) is 0. The Morgan fingerprint density at radius 2 is 2.14 bits per heavy atom. The minimum absolute atomic E-state index is 0.445. The average Bonchev–Trinajstić information content (AvgIpc) is 1.30. The van der Waals surface area contributed by atoms with Gasteiger partial charge in [-0.15, -0.1) is 8.39 Å². The van der Waals surface area contributed by atoms with Crippen LogP contribution in [0.5, 0.6) is 0 Å². The molecule has 0 fully saturated rings. The summed E-state index contributed by atoms with van der Waals surface area (Å²) >= 11 is 0. The van der Waals surface area contributed by atoms with Crippen LogP contribution in [-0.4, -0.2) is 0 Å². The van der Waals surface area contributed by atoms with Crippen molar-refractivity contribution in [1.82, 2.24) is 0 Å². The Labute approximate surface area is 39.5 Å². The molecule has 0 unspecified atom stereocenters. The van der Waals surface area contributed by atoms with E-state index in [2.05, 4.69) is 11.1 Å². The molecule has 0 bridgehead atoms. The normalized spacial score (nSPS) is 10.6. The van der Waals surface area contributed by atoms with E-state index in [0.29, 0.717) is 6.26 Å². The molecule has 0 spiro atoms.